The SMILES string of the molecule is C[C@H](Sc1nnc(Nc2ccccc2)s1)C(=O)N[C@H]1CCS(=O)(=O)C1. The number of thioether (sulfide) groups is 1. The van der Waals surface area contributed by atoms with Gasteiger partial charge in [0.15, 0.2) is 14.2 Å². The quantitative estimate of drug-likeness (QED) is 0.718. The maximum absolute atomic E-state index is 12.2. The lowest BCUT2D eigenvalue weighted by atomic mass is 10.2. The van der Waals surface area contributed by atoms with Crippen LogP contribution in [0.15, 0.2) is 34.7 Å². The van der Waals surface area contributed by atoms with E-state index in [1.807, 2.05) is 30.3 Å². The van der Waals surface area contributed by atoms with Gasteiger partial charge in [-0.05, 0) is 25.5 Å². The Labute approximate surface area is 154 Å². The van der Waals surface area contributed by atoms with Crippen LogP contribution in [0.5, 0.6) is 0 Å². The van der Waals surface area contributed by atoms with E-state index in [2.05, 4.69) is 20.8 Å². The number of carbonyl (C=O) groups excluding carboxylic acids is 1. The van der Waals surface area contributed by atoms with Gasteiger partial charge in [-0.3, -0.25) is 4.79 Å². The third-order valence-electron chi connectivity index (χ3n) is 3.66. The zero-order chi connectivity index (χ0) is 17.9. The predicted molar refractivity (Wildman–Crippen MR) is 100 cm³/mol. The molecule has 0 unspecified atom stereocenters. The molecule has 0 radical (unpaired) electrons. The molecule has 1 amide bonds. The number of carbonyl (C=O) groups is 1. The summed E-state index contributed by atoms with van der Waals surface area (Å²) in [5.41, 5.74) is 0.920. The number of nitrogens with zero attached hydrogens (tertiary/aromatic N) is 2. The van der Waals surface area contributed by atoms with E-state index in [0.29, 0.717) is 15.9 Å². The molecule has 1 aromatic heterocycles. The third-order valence-corrected chi connectivity index (χ3v) is 7.45. The number of hydrogen-bond donors (Lipinski definition) is 2. The van der Waals surface area contributed by atoms with Crippen LogP contribution in [-0.4, -0.2) is 47.3 Å². The van der Waals surface area contributed by atoms with E-state index in [1.54, 1.807) is 6.92 Å². The number of sulfone groups is 1. The van der Waals surface area contributed by atoms with Crippen LogP contribution in [-0.2, 0) is 14.6 Å². The molecule has 2 aromatic rings. The maximum atomic E-state index is 12.2. The average Bonchev–Trinajstić information content (AvgIpc) is 3.14. The fourth-order valence-electron chi connectivity index (χ4n) is 2.38. The molecule has 1 aliphatic rings. The minimum Gasteiger partial charge on any atom is -0.351 e. The number of nitrogens with one attached hydrogen (secondary N) is 2. The molecule has 2 atom stereocenters. The first-order valence-electron chi connectivity index (χ1n) is 7.74. The highest BCUT2D eigenvalue weighted by atomic mass is 32.2. The van der Waals surface area contributed by atoms with Crippen LogP contribution in [0.2, 0.25) is 0 Å². The summed E-state index contributed by atoms with van der Waals surface area (Å²) in [6.45, 7) is 1.77. The number of aromatic nitrogens is 2. The van der Waals surface area contributed by atoms with Crippen molar-refractivity contribution in [1.29, 1.82) is 0 Å². The summed E-state index contributed by atoms with van der Waals surface area (Å²) < 4.78 is 23.6. The van der Waals surface area contributed by atoms with Gasteiger partial charge in [0.25, 0.3) is 0 Å². The zero-order valence-corrected chi connectivity index (χ0v) is 16.0. The summed E-state index contributed by atoms with van der Waals surface area (Å²) in [5.74, 6) is -0.00958. The van der Waals surface area contributed by atoms with E-state index >= 15 is 0 Å². The van der Waals surface area contributed by atoms with Crippen molar-refractivity contribution in [2.75, 3.05) is 16.8 Å². The first-order valence-corrected chi connectivity index (χ1v) is 11.3. The highest BCUT2D eigenvalue weighted by Gasteiger charge is 2.30. The summed E-state index contributed by atoms with van der Waals surface area (Å²) in [7, 11) is -3.00. The van der Waals surface area contributed by atoms with Gasteiger partial charge in [-0.2, -0.15) is 0 Å². The molecule has 1 aliphatic heterocycles. The highest BCUT2D eigenvalue weighted by molar-refractivity contribution is 8.02. The summed E-state index contributed by atoms with van der Waals surface area (Å²) in [6.07, 6.45) is 0.482. The molecule has 1 fully saturated rings. The Balaban J connectivity index is 1.52. The lowest BCUT2D eigenvalue weighted by Gasteiger charge is -2.14. The van der Waals surface area contributed by atoms with E-state index in [1.165, 1.54) is 23.1 Å². The van der Waals surface area contributed by atoms with Crippen molar-refractivity contribution in [3.63, 3.8) is 0 Å². The Kier molecular flexibility index (Phi) is 5.60. The topological polar surface area (TPSA) is 101 Å². The van der Waals surface area contributed by atoms with Crippen LogP contribution in [0.25, 0.3) is 0 Å². The lowest BCUT2D eigenvalue weighted by molar-refractivity contribution is -0.120. The predicted octanol–water partition coefficient (Wildman–Crippen LogP) is 2.07. The fraction of sp³-hybridized carbons (Fsp3) is 0.400. The second-order valence-corrected chi connectivity index (χ2v) is 10.5. The summed E-state index contributed by atoms with van der Waals surface area (Å²) in [4.78, 5) is 12.2. The second-order valence-electron chi connectivity index (χ2n) is 5.73. The van der Waals surface area contributed by atoms with Gasteiger partial charge in [-0.15, -0.1) is 10.2 Å². The Morgan fingerprint density at radius 3 is 2.76 bits per heavy atom. The van der Waals surface area contributed by atoms with Crippen molar-refractivity contribution in [1.82, 2.24) is 15.5 Å². The zero-order valence-electron chi connectivity index (χ0n) is 13.5. The van der Waals surface area contributed by atoms with Crippen LogP contribution in [0, 0.1) is 0 Å². The minimum absolute atomic E-state index is 0.0279. The molecule has 25 heavy (non-hydrogen) atoms. The average molecular weight is 399 g/mol. The van der Waals surface area contributed by atoms with Gasteiger partial charge in [0, 0.05) is 11.7 Å². The van der Waals surface area contributed by atoms with Crippen molar-refractivity contribution in [2.45, 2.75) is 29.0 Å². The molecule has 3 rings (SSSR count). The van der Waals surface area contributed by atoms with Gasteiger partial charge in [0.1, 0.15) is 0 Å². The highest BCUT2D eigenvalue weighted by Crippen LogP contribution is 2.30. The smallest absolute Gasteiger partial charge is 0.233 e. The van der Waals surface area contributed by atoms with E-state index in [9.17, 15) is 13.2 Å². The van der Waals surface area contributed by atoms with E-state index < -0.39 is 9.84 Å². The third kappa shape index (κ3) is 5.16. The normalized spacial score (nSPS) is 20.1. The van der Waals surface area contributed by atoms with Crippen LogP contribution >= 0.6 is 23.1 Å². The maximum Gasteiger partial charge on any atom is 0.233 e. The molecule has 0 saturated carbocycles. The van der Waals surface area contributed by atoms with Gasteiger partial charge in [-0.25, -0.2) is 8.42 Å². The van der Waals surface area contributed by atoms with Crippen LogP contribution in [0.3, 0.4) is 0 Å². The van der Waals surface area contributed by atoms with Crippen molar-refractivity contribution >= 4 is 49.7 Å². The molecule has 134 valence electrons. The fourth-order valence-corrected chi connectivity index (χ4v) is 5.98. The molecule has 2 N–H and O–H groups in total. The lowest BCUT2D eigenvalue weighted by Crippen LogP contribution is -2.39. The molecule has 0 aliphatic carbocycles. The Morgan fingerprint density at radius 2 is 2.08 bits per heavy atom. The molecule has 0 spiro atoms. The van der Waals surface area contributed by atoms with Crippen LogP contribution in [0.4, 0.5) is 10.8 Å². The molecule has 7 nitrogen and oxygen atoms in total. The summed E-state index contributed by atoms with van der Waals surface area (Å²) >= 11 is 2.68. The molecule has 0 bridgehead atoms. The first-order chi connectivity index (χ1) is 11.9. The second kappa shape index (κ2) is 7.71. The van der Waals surface area contributed by atoms with Gasteiger partial charge >= 0.3 is 0 Å². The van der Waals surface area contributed by atoms with E-state index in [0.717, 1.165) is 5.69 Å². The first kappa shape index (κ1) is 18.2. The number of hydrogen-bond acceptors (Lipinski definition) is 8. The van der Waals surface area contributed by atoms with Gasteiger partial charge in [0.05, 0.1) is 16.8 Å². The Bertz CT molecular complexity index is 839. The monoisotopic (exact) mass is 398 g/mol. The molecular weight excluding hydrogens is 380 g/mol. The van der Waals surface area contributed by atoms with E-state index in [-0.39, 0.29) is 28.7 Å². The van der Waals surface area contributed by atoms with Gasteiger partial charge < -0.3 is 10.6 Å². The van der Waals surface area contributed by atoms with Crippen LogP contribution < -0.4 is 10.6 Å². The van der Waals surface area contributed by atoms with Crippen molar-refractivity contribution in [3.8, 4) is 0 Å². The van der Waals surface area contributed by atoms with Gasteiger partial charge in [-0.1, -0.05) is 41.3 Å². The summed E-state index contributed by atoms with van der Waals surface area (Å²) in [5, 5.41) is 14.4. The van der Waals surface area contributed by atoms with Gasteiger partial charge in [0.2, 0.25) is 11.0 Å². The largest absolute Gasteiger partial charge is 0.351 e. The van der Waals surface area contributed by atoms with E-state index in [4.69, 9.17) is 0 Å². The standard InChI is InChI=1S/C15H18N4O3S3/c1-10(13(20)16-12-7-8-25(21,22)9-12)23-15-19-18-14(24-15)17-11-5-3-2-4-6-11/h2-6,10,12H,7-9H2,1H3,(H,16,20)(H,17,18)/t10-,12-/m0/s1. The molecule has 2 heterocycles. The molecule has 10 heteroatoms. The number of anilines is 2. The number of para-hydroxylation sites is 1. The van der Waals surface area contributed by atoms with Crippen molar-refractivity contribution in [2.24, 2.45) is 0 Å². The molecular formula is C15H18N4O3S3. The number of amides is 1. The molecule has 1 saturated heterocycles. The van der Waals surface area contributed by atoms with Crippen molar-refractivity contribution < 1.29 is 13.2 Å². The minimum atomic E-state index is -3.00. The molecule has 1 aromatic carbocycles. The number of rotatable bonds is 6. The Hall–Kier alpha value is -1.65. The van der Waals surface area contributed by atoms with Crippen LogP contribution in [0.1, 0.15) is 13.3 Å². The summed E-state index contributed by atoms with van der Waals surface area (Å²) in [6, 6.07) is 9.36. The van der Waals surface area contributed by atoms with Crippen molar-refractivity contribution in [3.05, 3.63) is 30.3 Å². The number of benzene rings is 1. The Morgan fingerprint density at radius 1 is 1.32 bits per heavy atom.